The molecular formula is C10H11F2NO2. The molecule has 0 heterocycles. The van der Waals surface area contributed by atoms with Gasteiger partial charge in [-0.15, -0.1) is 0 Å². The molecule has 1 aromatic carbocycles. The van der Waals surface area contributed by atoms with E-state index < -0.39 is 18.0 Å². The predicted octanol–water partition coefficient (Wildman–Crippen LogP) is 2.38. The third kappa shape index (κ3) is 2.43. The Morgan fingerprint density at radius 1 is 1.53 bits per heavy atom. The Labute approximate surface area is 85.8 Å². The Hall–Kier alpha value is -1.65. The summed E-state index contributed by atoms with van der Waals surface area (Å²) in [6.45, 7) is 1.74. The van der Waals surface area contributed by atoms with Gasteiger partial charge >= 0.3 is 5.97 Å². The highest BCUT2D eigenvalue weighted by atomic mass is 19.3. The molecule has 2 N–H and O–H groups in total. The first kappa shape index (κ1) is 11.4. The van der Waals surface area contributed by atoms with Crippen molar-refractivity contribution in [3.63, 3.8) is 0 Å². The van der Waals surface area contributed by atoms with Gasteiger partial charge in [0.05, 0.1) is 17.7 Å². The van der Waals surface area contributed by atoms with E-state index in [1.807, 2.05) is 0 Å². The number of carbonyl (C=O) groups excluding carboxylic acids is 1. The van der Waals surface area contributed by atoms with Crippen LogP contribution in [0.15, 0.2) is 18.2 Å². The molecule has 0 spiro atoms. The summed E-state index contributed by atoms with van der Waals surface area (Å²) >= 11 is 0. The van der Waals surface area contributed by atoms with Crippen molar-refractivity contribution >= 4 is 11.7 Å². The average molecular weight is 215 g/mol. The number of esters is 1. The fourth-order valence-corrected chi connectivity index (χ4v) is 1.21. The number of nitrogen functional groups attached to an aromatic ring is 1. The van der Waals surface area contributed by atoms with Gasteiger partial charge in [0.1, 0.15) is 0 Å². The molecule has 1 aromatic rings. The predicted molar refractivity (Wildman–Crippen MR) is 51.8 cm³/mol. The van der Waals surface area contributed by atoms with E-state index in [4.69, 9.17) is 5.73 Å². The van der Waals surface area contributed by atoms with E-state index in [9.17, 15) is 13.6 Å². The van der Waals surface area contributed by atoms with Gasteiger partial charge in [0.25, 0.3) is 6.43 Å². The third-order valence-electron chi connectivity index (χ3n) is 1.85. The molecule has 0 saturated heterocycles. The van der Waals surface area contributed by atoms with Crippen molar-refractivity contribution in [3.8, 4) is 0 Å². The van der Waals surface area contributed by atoms with Crippen molar-refractivity contribution in [1.82, 2.24) is 0 Å². The molecule has 0 radical (unpaired) electrons. The number of halogens is 2. The zero-order chi connectivity index (χ0) is 11.4. The van der Waals surface area contributed by atoms with Gasteiger partial charge in [0.2, 0.25) is 0 Å². The Morgan fingerprint density at radius 3 is 2.73 bits per heavy atom. The summed E-state index contributed by atoms with van der Waals surface area (Å²) in [5.41, 5.74) is 4.63. The monoisotopic (exact) mass is 215 g/mol. The molecule has 82 valence electrons. The van der Waals surface area contributed by atoms with E-state index in [1.165, 1.54) is 18.2 Å². The van der Waals surface area contributed by atoms with Gasteiger partial charge < -0.3 is 10.5 Å². The number of anilines is 1. The quantitative estimate of drug-likeness (QED) is 0.622. The maximum Gasteiger partial charge on any atom is 0.338 e. The van der Waals surface area contributed by atoms with Gasteiger partial charge in [0, 0.05) is 5.69 Å². The minimum Gasteiger partial charge on any atom is -0.462 e. The molecule has 15 heavy (non-hydrogen) atoms. The third-order valence-corrected chi connectivity index (χ3v) is 1.85. The minimum atomic E-state index is -2.79. The van der Waals surface area contributed by atoms with E-state index in [0.29, 0.717) is 0 Å². The molecule has 0 aliphatic rings. The van der Waals surface area contributed by atoms with Crippen molar-refractivity contribution in [2.24, 2.45) is 0 Å². The summed E-state index contributed by atoms with van der Waals surface area (Å²) in [6, 6.07) is 4.04. The van der Waals surface area contributed by atoms with Crippen LogP contribution in [0.4, 0.5) is 14.5 Å². The maximum atomic E-state index is 12.6. The highest BCUT2D eigenvalue weighted by Gasteiger charge is 2.21. The Bertz CT molecular complexity index is 366. The molecule has 0 amide bonds. The molecule has 1 rings (SSSR count). The molecule has 5 heteroatoms. The molecule has 0 unspecified atom stereocenters. The second-order valence-electron chi connectivity index (χ2n) is 2.83. The number of nitrogens with two attached hydrogens (primary N) is 1. The summed E-state index contributed by atoms with van der Waals surface area (Å²) < 4.78 is 29.8. The first-order chi connectivity index (χ1) is 7.07. The van der Waals surface area contributed by atoms with Crippen LogP contribution in [0.3, 0.4) is 0 Å². The van der Waals surface area contributed by atoms with Gasteiger partial charge in [-0.1, -0.05) is 6.07 Å². The van der Waals surface area contributed by atoms with Crippen molar-refractivity contribution in [3.05, 3.63) is 29.3 Å². The van der Waals surface area contributed by atoms with Crippen molar-refractivity contribution in [1.29, 1.82) is 0 Å². The second-order valence-corrected chi connectivity index (χ2v) is 2.83. The SMILES string of the molecule is CCOC(=O)c1cccc(N)c1C(F)F. The minimum absolute atomic E-state index is 0.101. The fourth-order valence-electron chi connectivity index (χ4n) is 1.21. The molecule has 0 aliphatic carbocycles. The van der Waals surface area contributed by atoms with Gasteiger partial charge in [-0.3, -0.25) is 0 Å². The van der Waals surface area contributed by atoms with Gasteiger partial charge in [-0.2, -0.15) is 0 Å². The van der Waals surface area contributed by atoms with Crippen LogP contribution in [-0.4, -0.2) is 12.6 Å². The lowest BCUT2D eigenvalue weighted by Crippen LogP contribution is -2.10. The zero-order valence-corrected chi connectivity index (χ0v) is 8.17. The Balaban J connectivity index is 3.17. The number of rotatable bonds is 3. The average Bonchev–Trinajstić information content (AvgIpc) is 2.17. The van der Waals surface area contributed by atoms with Crippen LogP contribution in [0.5, 0.6) is 0 Å². The van der Waals surface area contributed by atoms with Crippen LogP contribution in [0.25, 0.3) is 0 Å². The summed E-state index contributed by atoms with van der Waals surface area (Å²) in [5, 5.41) is 0. The highest BCUT2D eigenvalue weighted by Crippen LogP contribution is 2.28. The topological polar surface area (TPSA) is 52.3 Å². The second kappa shape index (κ2) is 4.72. The fraction of sp³-hybridized carbons (Fsp3) is 0.300. The van der Waals surface area contributed by atoms with Gasteiger partial charge in [-0.25, -0.2) is 13.6 Å². The first-order valence-corrected chi connectivity index (χ1v) is 4.41. The van der Waals surface area contributed by atoms with E-state index in [1.54, 1.807) is 6.92 Å². The largest absolute Gasteiger partial charge is 0.462 e. The molecule has 0 aliphatic heterocycles. The van der Waals surface area contributed by atoms with E-state index >= 15 is 0 Å². The highest BCUT2D eigenvalue weighted by molar-refractivity contribution is 5.92. The Kier molecular flexibility index (Phi) is 3.60. The van der Waals surface area contributed by atoms with E-state index in [2.05, 4.69) is 4.74 Å². The standard InChI is InChI=1S/C10H11F2NO2/c1-2-15-10(14)6-4-3-5-7(13)8(6)9(11)12/h3-5,9H,2,13H2,1H3. The summed E-state index contributed by atoms with van der Waals surface area (Å²) in [6.07, 6.45) is -2.79. The smallest absolute Gasteiger partial charge is 0.338 e. The number of ether oxygens (including phenoxy) is 1. The van der Waals surface area contributed by atoms with Crippen LogP contribution >= 0.6 is 0 Å². The summed E-state index contributed by atoms with van der Waals surface area (Å²) in [4.78, 5) is 11.3. The zero-order valence-electron chi connectivity index (χ0n) is 8.17. The summed E-state index contributed by atoms with van der Waals surface area (Å²) in [7, 11) is 0. The molecule has 3 nitrogen and oxygen atoms in total. The van der Waals surface area contributed by atoms with Crippen LogP contribution in [0, 0.1) is 0 Å². The van der Waals surface area contributed by atoms with Crippen molar-refractivity contribution < 1.29 is 18.3 Å². The lowest BCUT2D eigenvalue weighted by atomic mass is 10.1. The van der Waals surface area contributed by atoms with Gasteiger partial charge in [0.15, 0.2) is 0 Å². The van der Waals surface area contributed by atoms with E-state index in [-0.39, 0.29) is 17.9 Å². The van der Waals surface area contributed by atoms with Crippen LogP contribution in [0.2, 0.25) is 0 Å². The normalized spacial score (nSPS) is 10.4. The molecular weight excluding hydrogens is 204 g/mol. The van der Waals surface area contributed by atoms with Crippen LogP contribution in [0.1, 0.15) is 29.3 Å². The maximum absolute atomic E-state index is 12.6. The number of alkyl halides is 2. The van der Waals surface area contributed by atoms with Gasteiger partial charge in [-0.05, 0) is 19.1 Å². The molecule has 0 aromatic heterocycles. The van der Waals surface area contributed by atoms with Crippen LogP contribution < -0.4 is 5.73 Å². The lowest BCUT2D eigenvalue weighted by Gasteiger charge is -2.10. The van der Waals surface area contributed by atoms with Crippen LogP contribution in [-0.2, 0) is 4.74 Å². The number of carbonyl (C=O) groups is 1. The lowest BCUT2D eigenvalue weighted by molar-refractivity contribution is 0.0516. The first-order valence-electron chi connectivity index (χ1n) is 4.41. The van der Waals surface area contributed by atoms with Crippen molar-refractivity contribution in [2.75, 3.05) is 12.3 Å². The Morgan fingerprint density at radius 2 is 2.20 bits per heavy atom. The molecule has 0 bridgehead atoms. The number of hydrogen-bond acceptors (Lipinski definition) is 3. The van der Waals surface area contributed by atoms with Crippen molar-refractivity contribution in [2.45, 2.75) is 13.3 Å². The molecule has 0 atom stereocenters. The number of hydrogen-bond donors (Lipinski definition) is 1. The molecule has 0 saturated carbocycles. The van der Waals surface area contributed by atoms with E-state index in [0.717, 1.165) is 0 Å². The number of benzene rings is 1. The molecule has 0 fully saturated rings. The summed E-state index contributed by atoms with van der Waals surface area (Å²) in [5.74, 6) is -0.778.